The van der Waals surface area contributed by atoms with Gasteiger partial charge in [0.05, 0.1) is 4.34 Å². The standard InChI is InChI=1S/C17H17ClN2S2.C4H6/c1-20-8-15(14-6-17(18)22-16(14)9-20)13-5-3-2-4-12(13)11(7-19)10-21;1-3-4-2/h2-7,10,15H,8-9,19H2,1H3;3-4H,1-2H2/b11-7+;. The highest BCUT2D eigenvalue weighted by Crippen LogP contribution is 2.41. The summed E-state index contributed by atoms with van der Waals surface area (Å²) < 4.78 is 0.854. The molecule has 0 saturated heterocycles. The maximum absolute atomic E-state index is 6.25. The number of halogens is 1. The SMILES string of the molecule is C=CC=C.CN1Cc2sc(Cl)cc2C(c2ccccc2/C(C=S)=C/N)C1. The molecule has 2 N–H and O–H groups in total. The topological polar surface area (TPSA) is 29.3 Å². The number of thiophene rings is 1. The third-order valence-corrected chi connectivity index (χ3v) is 5.73. The summed E-state index contributed by atoms with van der Waals surface area (Å²) in [5, 5.41) is 1.65. The smallest absolute Gasteiger partial charge is 0.0934 e. The van der Waals surface area contributed by atoms with Gasteiger partial charge in [-0.2, -0.15) is 0 Å². The molecule has 2 aromatic rings. The molecule has 5 heteroatoms. The van der Waals surface area contributed by atoms with Crippen LogP contribution in [0.25, 0.3) is 5.57 Å². The Bertz CT molecular complexity index is 817. The summed E-state index contributed by atoms with van der Waals surface area (Å²) >= 11 is 13.0. The highest BCUT2D eigenvalue weighted by atomic mass is 35.5. The van der Waals surface area contributed by atoms with Crippen molar-refractivity contribution in [2.45, 2.75) is 12.5 Å². The first-order valence-electron chi connectivity index (χ1n) is 8.22. The van der Waals surface area contributed by atoms with Crippen molar-refractivity contribution in [1.82, 2.24) is 4.90 Å². The molecule has 26 heavy (non-hydrogen) atoms. The van der Waals surface area contributed by atoms with Crippen LogP contribution in [0.15, 0.2) is 61.8 Å². The number of hydrogen-bond donors (Lipinski definition) is 1. The molecule has 1 unspecified atom stereocenters. The Kier molecular flexibility index (Phi) is 7.79. The van der Waals surface area contributed by atoms with E-state index < -0.39 is 0 Å². The van der Waals surface area contributed by atoms with Crippen LogP contribution in [0.3, 0.4) is 0 Å². The minimum Gasteiger partial charge on any atom is -0.404 e. The van der Waals surface area contributed by atoms with Crippen LogP contribution in [0, 0.1) is 0 Å². The van der Waals surface area contributed by atoms with Crippen molar-refractivity contribution in [3.8, 4) is 0 Å². The van der Waals surface area contributed by atoms with E-state index in [1.165, 1.54) is 16.0 Å². The lowest BCUT2D eigenvalue weighted by Gasteiger charge is -2.31. The van der Waals surface area contributed by atoms with Crippen molar-refractivity contribution in [2.24, 2.45) is 5.73 Å². The van der Waals surface area contributed by atoms with Crippen molar-refractivity contribution >= 4 is 46.1 Å². The van der Waals surface area contributed by atoms with E-state index in [1.807, 2.05) is 6.07 Å². The fraction of sp³-hybridized carbons (Fsp3) is 0.190. The van der Waals surface area contributed by atoms with E-state index in [-0.39, 0.29) is 0 Å². The van der Waals surface area contributed by atoms with Crippen molar-refractivity contribution in [1.29, 1.82) is 0 Å². The number of fused-ring (bicyclic) bond motifs is 1. The van der Waals surface area contributed by atoms with Gasteiger partial charge in [-0.15, -0.1) is 11.3 Å². The number of nitrogens with zero attached hydrogens (tertiary/aromatic N) is 1. The van der Waals surface area contributed by atoms with E-state index in [4.69, 9.17) is 29.6 Å². The van der Waals surface area contributed by atoms with E-state index in [9.17, 15) is 0 Å². The lowest BCUT2D eigenvalue weighted by atomic mass is 9.84. The van der Waals surface area contributed by atoms with E-state index in [2.05, 4.69) is 49.4 Å². The molecule has 0 bridgehead atoms. The molecule has 0 fully saturated rings. The highest BCUT2D eigenvalue weighted by molar-refractivity contribution is 7.79. The van der Waals surface area contributed by atoms with Crippen LogP contribution in [0.4, 0.5) is 0 Å². The zero-order chi connectivity index (χ0) is 19.1. The van der Waals surface area contributed by atoms with Gasteiger partial charge in [-0.3, -0.25) is 0 Å². The van der Waals surface area contributed by atoms with Crippen molar-refractivity contribution in [3.05, 3.63) is 87.7 Å². The summed E-state index contributed by atoms with van der Waals surface area (Å²) in [5.41, 5.74) is 10.3. The van der Waals surface area contributed by atoms with Crippen LogP contribution in [-0.2, 0) is 6.54 Å². The lowest BCUT2D eigenvalue weighted by Crippen LogP contribution is -2.30. The number of benzene rings is 1. The van der Waals surface area contributed by atoms with Crippen molar-refractivity contribution in [2.75, 3.05) is 13.6 Å². The number of allylic oxidation sites excluding steroid dienone is 3. The summed E-state index contributed by atoms with van der Waals surface area (Å²) in [5.74, 6) is 0.290. The van der Waals surface area contributed by atoms with Crippen LogP contribution in [-0.4, -0.2) is 23.9 Å². The first-order valence-corrected chi connectivity index (χ1v) is 9.88. The van der Waals surface area contributed by atoms with E-state index >= 15 is 0 Å². The monoisotopic (exact) mass is 402 g/mol. The van der Waals surface area contributed by atoms with Crippen LogP contribution in [0.1, 0.15) is 27.5 Å². The van der Waals surface area contributed by atoms with Gasteiger partial charge in [-0.1, -0.05) is 73.4 Å². The molecule has 1 aliphatic heterocycles. The summed E-state index contributed by atoms with van der Waals surface area (Å²) in [6.07, 6.45) is 4.86. The Labute approximate surface area is 170 Å². The molecule has 1 atom stereocenters. The van der Waals surface area contributed by atoms with Crippen molar-refractivity contribution < 1.29 is 0 Å². The third kappa shape index (κ3) is 4.71. The molecule has 0 spiro atoms. The third-order valence-electron chi connectivity index (χ3n) is 4.22. The predicted octanol–water partition coefficient (Wildman–Crippen LogP) is 5.64. The molecular weight excluding hydrogens is 380 g/mol. The molecule has 136 valence electrons. The second-order valence-electron chi connectivity index (χ2n) is 5.98. The molecule has 0 aliphatic carbocycles. The van der Waals surface area contributed by atoms with Gasteiger partial charge >= 0.3 is 0 Å². The number of hydrogen-bond acceptors (Lipinski definition) is 4. The van der Waals surface area contributed by atoms with Gasteiger partial charge in [0.25, 0.3) is 0 Å². The van der Waals surface area contributed by atoms with E-state index in [0.717, 1.165) is 28.6 Å². The Balaban J connectivity index is 0.000000552. The number of thiocarbonyl (C=S) groups is 1. The molecule has 3 rings (SSSR count). The summed E-state index contributed by atoms with van der Waals surface area (Å²) in [4.78, 5) is 3.68. The highest BCUT2D eigenvalue weighted by Gasteiger charge is 2.28. The Morgan fingerprint density at radius 1 is 1.31 bits per heavy atom. The summed E-state index contributed by atoms with van der Waals surface area (Å²) in [6, 6.07) is 10.4. The van der Waals surface area contributed by atoms with Gasteiger partial charge in [0, 0.05) is 41.0 Å². The first-order chi connectivity index (χ1) is 12.5. The maximum Gasteiger partial charge on any atom is 0.0934 e. The molecule has 1 aliphatic rings. The number of rotatable bonds is 4. The molecule has 2 heterocycles. The molecule has 0 amide bonds. The zero-order valence-electron chi connectivity index (χ0n) is 14.8. The van der Waals surface area contributed by atoms with E-state index in [1.54, 1.807) is 35.1 Å². The molecule has 2 nitrogen and oxygen atoms in total. The summed E-state index contributed by atoms with van der Waals surface area (Å²) in [6.45, 7) is 8.64. The fourth-order valence-corrected chi connectivity index (χ4v) is 4.70. The fourth-order valence-electron chi connectivity index (χ4n) is 3.07. The quantitative estimate of drug-likeness (QED) is 0.407. The predicted molar refractivity (Wildman–Crippen MR) is 120 cm³/mol. The lowest BCUT2D eigenvalue weighted by molar-refractivity contribution is 0.299. The van der Waals surface area contributed by atoms with Crippen LogP contribution in [0.2, 0.25) is 4.34 Å². The Hall–Kier alpha value is -1.72. The van der Waals surface area contributed by atoms with Gasteiger partial charge in [-0.05, 0) is 29.8 Å². The van der Waals surface area contributed by atoms with Gasteiger partial charge < -0.3 is 10.6 Å². The minimum absolute atomic E-state index is 0.290. The van der Waals surface area contributed by atoms with Crippen molar-refractivity contribution in [3.63, 3.8) is 0 Å². The Morgan fingerprint density at radius 2 is 2.00 bits per heavy atom. The normalized spacial score (nSPS) is 16.8. The van der Waals surface area contributed by atoms with E-state index in [0.29, 0.717) is 5.92 Å². The average Bonchev–Trinajstić information content (AvgIpc) is 3.02. The van der Waals surface area contributed by atoms with Crippen LogP contribution in [0.5, 0.6) is 0 Å². The first kappa shape index (κ1) is 20.6. The number of nitrogens with two attached hydrogens (primary N) is 1. The van der Waals surface area contributed by atoms with Gasteiger partial charge in [0.1, 0.15) is 0 Å². The maximum atomic E-state index is 6.25. The minimum atomic E-state index is 0.290. The van der Waals surface area contributed by atoms with Crippen LogP contribution >= 0.6 is 35.2 Å². The van der Waals surface area contributed by atoms with Gasteiger partial charge in [0.2, 0.25) is 0 Å². The van der Waals surface area contributed by atoms with Crippen LogP contribution < -0.4 is 5.73 Å². The second kappa shape index (κ2) is 9.83. The number of likely N-dealkylation sites (N-methyl/N-ethyl adjacent to an activating group) is 1. The average molecular weight is 403 g/mol. The molecular formula is C21H23ClN2S2. The summed E-state index contributed by atoms with van der Waals surface area (Å²) in [7, 11) is 2.14. The van der Waals surface area contributed by atoms with Gasteiger partial charge in [-0.25, -0.2) is 0 Å². The second-order valence-corrected chi connectivity index (χ2v) is 7.98. The molecule has 0 radical (unpaired) electrons. The molecule has 1 aromatic carbocycles. The molecule has 1 aromatic heterocycles. The van der Waals surface area contributed by atoms with Gasteiger partial charge in [0.15, 0.2) is 0 Å². The largest absolute Gasteiger partial charge is 0.404 e. The molecule has 0 saturated carbocycles. The zero-order valence-corrected chi connectivity index (χ0v) is 17.2. The Morgan fingerprint density at radius 3 is 2.62 bits per heavy atom.